The minimum Gasteiger partial charge on any atom is -0.386 e. The summed E-state index contributed by atoms with van der Waals surface area (Å²) >= 11 is 1.37. The van der Waals surface area contributed by atoms with Crippen molar-refractivity contribution >= 4 is 28.7 Å². The molecule has 0 fully saturated rings. The maximum absolute atomic E-state index is 13.0. The first-order chi connectivity index (χ1) is 13.2. The zero-order valence-electron chi connectivity index (χ0n) is 14.6. The molecule has 4 nitrogen and oxygen atoms in total. The van der Waals surface area contributed by atoms with E-state index in [2.05, 4.69) is 5.32 Å². The van der Waals surface area contributed by atoms with E-state index in [1.54, 1.807) is 11.1 Å². The Morgan fingerprint density at radius 1 is 0.889 bits per heavy atom. The topological polar surface area (TPSA) is 49.4 Å². The molecule has 0 saturated heterocycles. The average molecular weight is 374 g/mol. The van der Waals surface area contributed by atoms with Gasteiger partial charge in [0.2, 0.25) is 5.78 Å². The van der Waals surface area contributed by atoms with E-state index in [1.165, 1.54) is 11.3 Å². The Balaban J connectivity index is 1.60. The van der Waals surface area contributed by atoms with Crippen LogP contribution in [0.3, 0.4) is 0 Å². The summed E-state index contributed by atoms with van der Waals surface area (Å²) in [4.78, 5) is 28.1. The lowest BCUT2D eigenvalue weighted by molar-refractivity contribution is -0.115. The number of carbonyl (C=O) groups is 2. The molecule has 0 radical (unpaired) electrons. The van der Waals surface area contributed by atoms with Gasteiger partial charge in [0.05, 0.1) is 17.1 Å². The highest BCUT2D eigenvalue weighted by Gasteiger charge is 2.35. The molecule has 0 unspecified atom stereocenters. The van der Waals surface area contributed by atoms with Gasteiger partial charge in [-0.25, -0.2) is 0 Å². The molecule has 0 atom stereocenters. The minimum absolute atomic E-state index is 0.178. The van der Waals surface area contributed by atoms with Crippen LogP contribution in [0, 0.1) is 0 Å². The van der Waals surface area contributed by atoms with Gasteiger partial charge in [0.15, 0.2) is 0 Å². The number of nitrogens with one attached hydrogen (secondary N) is 1. The summed E-state index contributed by atoms with van der Waals surface area (Å²) in [5.41, 5.74) is 2.98. The van der Waals surface area contributed by atoms with Gasteiger partial charge in [-0.2, -0.15) is 0 Å². The number of fused-ring (bicyclic) bond motifs is 1. The fourth-order valence-corrected chi connectivity index (χ4v) is 3.93. The molecule has 1 amide bonds. The summed E-state index contributed by atoms with van der Waals surface area (Å²) in [6.45, 7) is 0.994. The fraction of sp³-hybridized carbons (Fsp3) is 0.0909. The summed E-state index contributed by atoms with van der Waals surface area (Å²) in [6.07, 6.45) is 1.55. The molecule has 0 aliphatic carbocycles. The standard InChI is InChI=1S/C22H18N2O2S/c25-20-18(14-23-13-16-7-3-1-4-8-16)22(26)24(19-11-12-27-21(19)20)15-17-9-5-2-6-10-17/h1-12,14,23H,13,15H2. The summed E-state index contributed by atoms with van der Waals surface area (Å²) in [5, 5.41) is 4.97. The van der Waals surface area contributed by atoms with Crippen LogP contribution in [0.1, 0.15) is 20.8 Å². The van der Waals surface area contributed by atoms with E-state index in [0.717, 1.165) is 11.1 Å². The molecule has 2 heterocycles. The highest BCUT2D eigenvalue weighted by Crippen LogP contribution is 2.35. The number of amides is 1. The van der Waals surface area contributed by atoms with E-state index in [1.807, 2.05) is 72.1 Å². The van der Waals surface area contributed by atoms with E-state index >= 15 is 0 Å². The van der Waals surface area contributed by atoms with Crippen molar-refractivity contribution in [2.24, 2.45) is 0 Å². The van der Waals surface area contributed by atoms with E-state index in [0.29, 0.717) is 23.7 Å². The van der Waals surface area contributed by atoms with Gasteiger partial charge in [-0.3, -0.25) is 9.59 Å². The predicted molar refractivity (Wildman–Crippen MR) is 108 cm³/mol. The molecule has 0 spiro atoms. The van der Waals surface area contributed by atoms with Crippen LogP contribution < -0.4 is 10.2 Å². The molecule has 0 bridgehead atoms. The van der Waals surface area contributed by atoms with E-state index in [9.17, 15) is 9.59 Å². The Morgan fingerprint density at radius 2 is 1.56 bits per heavy atom. The number of nitrogens with zero attached hydrogens (tertiary/aromatic N) is 1. The third-order valence-electron chi connectivity index (χ3n) is 4.44. The monoisotopic (exact) mass is 374 g/mol. The summed E-state index contributed by atoms with van der Waals surface area (Å²) < 4.78 is 0. The maximum Gasteiger partial charge on any atom is 0.264 e. The van der Waals surface area contributed by atoms with Crippen molar-refractivity contribution in [1.82, 2.24) is 5.32 Å². The predicted octanol–water partition coefficient (Wildman–Crippen LogP) is 4.15. The maximum atomic E-state index is 13.0. The largest absolute Gasteiger partial charge is 0.386 e. The Kier molecular flexibility index (Phi) is 4.85. The molecule has 3 aromatic rings. The first-order valence-electron chi connectivity index (χ1n) is 8.69. The number of hydrogen-bond donors (Lipinski definition) is 1. The van der Waals surface area contributed by atoms with E-state index in [-0.39, 0.29) is 17.3 Å². The molecule has 1 N–H and O–H groups in total. The smallest absolute Gasteiger partial charge is 0.264 e. The van der Waals surface area contributed by atoms with Crippen LogP contribution in [0.15, 0.2) is 83.9 Å². The number of benzene rings is 2. The first kappa shape index (κ1) is 17.2. The number of rotatable bonds is 5. The number of thiophene rings is 1. The zero-order chi connectivity index (χ0) is 18.6. The summed E-state index contributed by atoms with van der Waals surface area (Å²) in [6, 6.07) is 21.5. The number of ketones is 1. The molecule has 2 aromatic carbocycles. The second-order valence-electron chi connectivity index (χ2n) is 6.27. The first-order valence-corrected chi connectivity index (χ1v) is 9.57. The number of anilines is 1. The van der Waals surface area contributed by atoms with Gasteiger partial charge in [0.25, 0.3) is 5.91 Å². The lowest BCUT2D eigenvalue weighted by Gasteiger charge is -2.28. The van der Waals surface area contributed by atoms with Gasteiger partial charge in [0, 0.05) is 12.7 Å². The van der Waals surface area contributed by atoms with Gasteiger partial charge in [-0.15, -0.1) is 11.3 Å². The van der Waals surface area contributed by atoms with Crippen LogP contribution in [-0.2, 0) is 17.9 Å². The zero-order valence-corrected chi connectivity index (χ0v) is 15.4. The van der Waals surface area contributed by atoms with Crippen molar-refractivity contribution in [2.45, 2.75) is 13.1 Å². The quantitative estimate of drug-likeness (QED) is 0.539. The SMILES string of the molecule is O=C1C(=CNCc2ccccc2)C(=O)N(Cc2ccccc2)c2ccsc21. The second-order valence-corrected chi connectivity index (χ2v) is 7.18. The summed E-state index contributed by atoms with van der Waals surface area (Å²) in [5.74, 6) is -0.481. The highest BCUT2D eigenvalue weighted by molar-refractivity contribution is 7.13. The van der Waals surface area contributed by atoms with Gasteiger partial charge in [-0.05, 0) is 22.6 Å². The molecular weight excluding hydrogens is 356 g/mol. The Bertz CT molecular complexity index is 993. The fourth-order valence-electron chi connectivity index (χ4n) is 3.08. The number of Topliss-reactive ketones (excluding diaryl/α,β-unsaturated/α-hetero) is 1. The van der Waals surface area contributed by atoms with Gasteiger partial charge in [0.1, 0.15) is 5.57 Å². The summed E-state index contributed by atoms with van der Waals surface area (Å²) in [7, 11) is 0. The van der Waals surface area contributed by atoms with Crippen LogP contribution in [-0.4, -0.2) is 11.7 Å². The van der Waals surface area contributed by atoms with E-state index in [4.69, 9.17) is 0 Å². The lowest BCUT2D eigenvalue weighted by Crippen LogP contribution is -2.39. The van der Waals surface area contributed by atoms with Gasteiger partial charge >= 0.3 is 0 Å². The van der Waals surface area contributed by atoms with Gasteiger partial charge < -0.3 is 10.2 Å². The van der Waals surface area contributed by atoms with Crippen molar-refractivity contribution in [3.05, 3.63) is 99.9 Å². The van der Waals surface area contributed by atoms with Crippen LogP contribution in [0.5, 0.6) is 0 Å². The lowest BCUT2D eigenvalue weighted by atomic mass is 10.0. The molecule has 134 valence electrons. The van der Waals surface area contributed by atoms with Crippen molar-refractivity contribution in [2.75, 3.05) is 4.90 Å². The number of hydrogen-bond acceptors (Lipinski definition) is 4. The third-order valence-corrected chi connectivity index (χ3v) is 5.34. The van der Waals surface area contributed by atoms with Crippen molar-refractivity contribution in [3.8, 4) is 0 Å². The average Bonchev–Trinajstić information content (AvgIpc) is 3.19. The minimum atomic E-state index is -0.268. The molecule has 27 heavy (non-hydrogen) atoms. The van der Waals surface area contributed by atoms with Crippen LogP contribution >= 0.6 is 11.3 Å². The van der Waals surface area contributed by atoms with Crippen LogP contribution in [0.25, 0.3) is 0 Å². The number of carbonyl (C=O) groups excluding carboxylic acids is 2. The van der Waals surface area contributed by atoms with Crippen molar-refractivity contribution in [1.29, 1.82) is 0 Å². The van der Waals surface area contributed by atoms with Crippen molar-refractivity contribution < 1.29 is 9.59 Å². The molecule has 1 aromatic heterocycles. The molecule has 1 aliphatic rings. The molecule has 1 aliphatic heterocycles. The Morgan fingerprint density at radius 3 is 2.26 bits per heavy atom. The Hall–Kier alpha value is -3.18. The molecule has 0 saturated carbocycles. The molecule has 5 heteroatoms. The highest BCUT2D eigenvalue weighted by atomic mass is 32.1. The third kappa shape index (κ3) is 3.55. The van der Waals surface area contributed by atoms with Crippen LogP contribution in [0.4, 0.5) is 5.69 Å². The van der Waals surface area contributed by atoms with E-state index < -0.39 is 0 Å². The Labute approximate surface area is 161 Å². The molecule has 4 rings (SSSR count). The van der Waals surface area contributed by atoms with Gasteiger partial charge in [-0.1, -0.05) is 60.7 Å². The van der Waals surface area contributed by atoms with Crippen molar-refractivity contribution in [3.63, 3.8) is 0 Å². The molecular formula is C22H18N2O2S. The normalized spacial score (nSPS) is 15.1. The van der Waals surface area contributed by atoms with Crippen LogP contribution in [0.2, 0.25) is 0 Å². The second kappa shape index (κ2) is 7.60.